The Labute approximate surface area is 53.4 Å². The van der Waals surface area contributed by atoms with E-state index in [0.29, 0.717) is 0 Å². The molecule has 0 unspecified atom stereocenters. The van der Waals surface area contributed by atoms with E-state index in [1.54, 1.807) is 0 Å². The summed E-state index contributed by atoms with van der Waals surface area (Å²) in [4.78, 5) is 0. The van der Waals surface area contributed by atoms with Crippen LogP contribution in [0.25, 0.3) is 0 Å². The van der Waals surface area contributed by atoms with Gasteiger partial charge in [-0.3, -0.25) is 0 Å². The van der Waals surface area contributed by atoms with Crippen molar-refractivity contribution in [2.45, 2.75) is 0 Å². The standard InChI is InChI=1S/C4H5ClO2S/c1-2-3-8(6,7)4-5/h3H,1,4H2. The van der Waals surface area contributed by atoms with Crippen LogP contribution >= 0.6 is 11.6 Å². The topological polar surface area (TPSA) is 34.1 Å². The van der Waals surface area contributed by atoms with Gasteiger partial charge < -0.3 is 0 Å². The van der Waals surface area contributed by atoms with Gasteiger partial charge in [-0.2, -0.15) is 0 Å². The van der Waals surface area contributed by atoms with Crippen LogP contribution in [0.2, 0.25) is 0 Å². The van der Waals surface area contributed by atoms with Gasteiger partial charge in [-0.25, -0.2) is 8.42 Å². The molecular formula is C4H5ClO2S. The molecule has 4 heteroatoms. The molecule has 0 aromatic rings. The third kappa shape index (κ3) is 2.86. The molecular weight excluding hydrogens is 148 g/mol. The maximum absolute atomic E-state index is 10.3. The minimum absolute atomic E-state index is 0.407. The molecule has 0 rings (SSSR count). The number of hydrogen-bond donors (Lipinski definition) is 0. The number of halogens is 1. The summed E-state index contributed by atoms with van der Waals surface area (Å²) in [6, 6.07) is 0. The molecule has 0 aromatic carbocycles. The Morgan fingerprint density at radius 1 is 1.75 bits per heavy atom. The average molecular weight is 153 g/mol. The second-order valence-corrected chi connectivity index (χ2v) is 3.53. The van der Waals surface area contributed by atoms with E-state index in [1.165, 1.54) is 0 Å². The van der Waals surface area contributed by atoms with Gasteiger partial charge in [0.2, 0.25) is 0 Å². The predicted molar refractivity (Wildman–Crippen MR) is 33.3 cm³/mol. The summed E-state index contributed by atoms with van der Waals surface area (Å²) in [6.07, 6.45) is 0. The molecule has 0 saturated carbocycles. The first-order valence-corrected chi connectivity index (χ1v) is 4.02. The van der Waals surface area contributed by atoms with Gasteiger partial charge in [0.25, 0.3) is 0 Å². The Morgan fingerprint density at radius 3 is 2.38 bits per heavy atom. The lowest BCUT2D eigenvalue weighted by Gasteiger charge is -1.82. The molecule has 0 aliphatic rings. The molecule has 0 aliphatic heterocycles. The van der Waals surface area contributed by atoms with Gasteiger partial charge in [0.15, 0.2) is 9.84 Å². The Balaban J connectivity index is 4.41. The molecule has 0 N–H and O–H groups in total. The zero-order chi connectivity index (χ0) is 6.62. The molecule has 0 aromatic heterocycles. The van der Waals surface area contributed by atoms with E-state index in [1.807, 2.05) is 0 Å². The van der Waals surface area contributed by atoms with Crippen LogP contribution in [0, 0.1) is 0 Å². The fourth-order valence-electron chi connectivity index (χ4n) is 0.158. The van der Waals surface area contributed by atoms with Crippen molar-refractivity contribution in [1.82, 2.24) is 0 Å². The van der Waals surface area contributed by atoms with Crippen LogP contribution in [0.3, 0.4) is 0 Å². The first-order valence-electron chi connectivity index (χ1n) is 1.77. The quantitative estimate of drug-likeness (QED) is 0.435. The van der Waals surface area contributed by atoms with Crippen LogP contribution < -0.4 is 0 Å². The molecule has 0 heterocycles. The van der Waals surface area contributed by atoms with E-state index < -0.39 is 15.0 Å². The van der Waals surface area contributed by atoms with Gasteiger partial charge in [0.1, 0.15) is 5.21 Å². The summed E-state index contributed by atoms with van der Waals surface area (Å²) in [7, 11) is -3.20. The van der Waals surface area contributed by atoms with E-state index in [0.717, 1.165) is 5.41 Å². The molecule has 8 heavy (non-hydrogen) atoms. The maximum atomic E-state index is 10.3. The minimum Gasteiger partial charge on any atom is -0.222 e. The summed E-state index contributed by atoms with van der Waals surface area (Å²) in [6.45, 7) is 3.08. The zero-order valence-electron chi connectivity index (χ0n) is 4.09. The van der Waals surface area contributed by atoms with E-state index in [4.69, 9.17) is 11.6 Å². The van der Waals surface area contributed by atoms with Crippen molar-refractivity contribution in [3.63, 3.8) is 0 Å². The Morgan fingerprint density at radius 2 is 2.25 bits per heavy atom. The molecule has 0 fully saturated rings. The summed E-state index contributed by atoms with van der Waals surface area (Å²) in [5, 5.41) is 0.440. The van der Waals surface area contributed by atoms with E-state index >= 15 is 0 Å². The summed E-state index contributed by atoms with van der Waals surface area (Å²) in [5.74, 6) is 0. The van der Waals surface area contributed by atoms with Crippen molar-refractivity contribution in [1.29, 1.82) is 0 Å². The normalized spacial score (nSPS) is 10.1. The van der Waals surface area contributed by atoms with Gasteiger partial charge in [0.05, 0.1) is 5.41 Å². The lowest BCUT2D eigenvalue weighted by Crippen LogP contribution is -1.93. The lowest BCUT2D eigenvalue weighted by atomic mass is 11.0. The smallest absolute Gasteiger partial charge is 0.192 e. The molecule has 0 spiro atoms. The molecule has 0 aliphatic carbocycles. The number of alkyl halides is 1. The zero-order valence-corrected chi connectivity index (χ0v) is 5.67. The van der Waals surface area contributed by atoms with Crippen molar-refractivity contribution >= 4 is 21.4 Å². The van der Waals surface area contributed by atoms with Crippen molar-refractivity contribution in [3.8, 4) is 0 Å². The fraction of sp³-hybridized carbons (Fsp3) is 0.250. The van der Waals surface area contributed by atoms with E-state index in [2.05, 4.69) is 12.3 Å². The highest BCUT2D eigenvalue weighted by atomic mass is 35.5. The Bertz CT molecular complexity index is 198. The largest absolute Gasteiger partial charge is 0.222 e. The van der Waals surface area contributed by atoms with E-state index in [-0.39, 0.29) is 0 Å². The SMILES string of the molecule is C=C=CS(=O)(=O)CCl. The molecule has 46 valence electrons. The molecule has 0 saturated heterocycles. The van der Waals surface area contributed by atoms with Crippen LogP contribution in [0.4, 0.5) is 0 Å². The Hall–Kier alpha value is -0.240. The molecule has 2 nitrogen and oxygen atoms in total. The summed E-state index contributed by atoms with van der Waals surface area (Å²) in [5.41, 5.74) is 2.11. The summed E-state index contributed by atoms with van der Waals surface area (Å²) >= 11 is 4.98. The second-order valence-electron chi connectivity index (χ2n) is 1.09. The van der Waals surface area contributed by atoms with Crippen LogP contribution in [-0.4, -0.2) is 13.6 Å². The highest BCUT2D eigenvalue weighted by molar-refractivity contribution is 7.95. The monoisotopic (exact) mass is 152 g/mol. The van der Waals surface area contributed by atoms with Gasteiger partial charge in [-0.1, -0.05) is 6.58 Å². The number of sulfone groups is 1. The number of rotatable bonds is 2. The van der Waals surface area contributed by atoms with Gasteiger partial charge in [0, 0.05) is 0 Å². The van der Waals surface area contributed by atoms with Crippen molar-refractivity contribution in [2.75, 3.05) is 5.21 Å². The number of hydrogen-bond acceptors (Lipinski definition) is 2. The fourth-order valence-corrected chi connectivity index (χ4v) is 0.664. The minimum atomic E-state index is -3.20. The third-order valence-electron chi connectivity index (χ3n) is 0.415. The predicted octanol–water partition coefficient (Wildman–Crippen LogP) is 0.896. The molecule has 0 amide bonds. The first-order chi connectivity index (χ1) is 3.62. The van der Waals surface area contributed by atoms with Crippen LogP contribution in [0.1, 0.15) is 0 Å². The molecule has 0 atom stereocenters. The van der Waals surface area contributed by atoms with Crippen molar-refractivity contribution in [3.05, 3.63) is 17.7 Å². The highest BCUT2D eigenvalue weighted by Gasteiger charge is 1.99. The van der Waals surface area contributed by atoms with Crippen molar-refractivity contribution in [2.24, 2.45) is 0 Å². The lowest BCUT2D eigenvalue weighted by molar-refractivity contribution is 0.609. The summed E-state index contributed by atoms with van der Waals surface area (Å²) < 4.78 is 20.6. The van der Waals surface area contributed by atoms with Crippen molar-refractivity contribution < 1.29 is 8.42 Å². The Kier molecular flexibility index (Phi) is 2.84. The first kappa shape index (κ1) is 7.76. The van der Waals surface area contributed by atoms with E-state index in [9.17, 15) is 8.42 Å². The van der Waals surface area contributed by atoms with Gasteiger partial charge in [-0.05, 0) is 0 Å². The maximum Gasteiger partial charge on any atom is 0.192 e. The highest BCUT2D eigenvalue weighted by Crippen LogP contribution is 1.92. The average Bonchev–Trinajstić information content (AvgIpc) is 1.67. The third-order valence-corrected chi connectivity index (χ3v) is 2.16. The molecule has 0 bridgehead atoms. The van der Waals surface area contributed by atoms with Crippen LogP contribution in [0.5, 0.6) is 0 Å². The van der Waals surface area contributed by atoms with Gasteiger partial charge in [-0.15, -0.1) is 17.3 Å². The van der Waals surface area contributed by atoms with Gasteiger partial charge >= 0.3 is 0 Å². The van der Waals surface area contributed by atoms with Crippen LogP contribution in [0.15, 0.2) is 17.7 Å². The van der Waals surface area contributed by atoms with Crippen LogP contribution in [-0.2, 0) is 9.84 Å². The second kappa shape index (κ2) is 2.92. The molecule has 0 radical (unpaired) electrons.